The minimum Gasteiger partial charge on any atom is -0.496 e. The Kier molecular flexibility index (Phi) is 4.85. The van der Waals surface area contributed by atoms with E-state index in [-0.39, 0.29) is 5.91 Å². The van der Waals surface area contributed by atoms with Crippen LogP contribution in [-0.4, -0.2) is 20.1 Å². The highest BCUT2D eigenvalue weighted by molar-refractivity contribution is 6.02. The molecule has 0 fully saturated rings. The lowest BCUT2D eigenvalue weighted by atomic mass is 9.95. The summed E-state index contributed by atoms with van der Waals surface area (Å²) in [7, 11) is 3.25. The summed E-state index contributed by atoms with van der Waals surface area (Å²) in [5.74, 6) is 0.568. The molecule has 1 amide bonds. The molecule has 1 aromatic heterocycles. The Hall–Kier alpha value is -3.53. The molecule has 0 aliphatic carbocycles. The zero-order valence-corrected chi connectivity index (χ0v) is 17.0. The number of fused-ring (bicyclic) bond motifs is 2. The number of benzene rings is 3. The van der Waals surface area contributed by atoms with E-state index in [1.807, 2.05) is 32.0 Å². The van der Waals surface area contributed by atoms with E-state index < -0.39 is 0 Å². The number of rotatable bonds is 4. The summed E-state index contributed by atoms with van der Waals surface area (Å²) in [4.78, 5) is 11.9. The lowest BCUT2D eigenvalue weighted by Crippen LogP contribution is -2.14. The summed E-state index contributed by atoms with van der Waals surface area (Å²) in [6.07, 6.45) is 3.38. The van der Waals surface area contributed by atoms with Gasteiger partial charge in [0.05, 0.1) is 13.4 Å². The number of furan rings is 1. The predicted octanol–water partition coefficient (Wildman–Crippen LogP) is 5.72. The van der Waals surface area contributed by atoms with Crippen molar-refractivity contribution in [2.45, 2.75) is 13.8 Å². The van der Waals surface area contributed by atoms with Crippen molar-refractivity contribution in [3.8, 4) is 16.9 Å². The van der Waals surface area contributed by atoms with Gasteiger partial charge in [0.15, 0.2) is 0 Å². The third kappa shape index (κ3) is 3.27. The van der Waals surface area contributed by atoms with Gasteiger partial charge in [-0.3, -0.25) is 4.79 Å². The van der Waals surface area contributed by atoms with Gasteiger partial charge in [-0.05, 0) is 47.9 Å². The Balaban J connectivity index is 1.95. The summed E-state index contributed by atoms with van der Waals surface area (Å²) in [5.41, 5.74) is 5.52. The zero-order valence-electron chi connectivity index (χ0n) is 17.0. The highest BCUT2D eigenvalue weighted by atomic mass is 16.5. The van der Waals surface area contributed by atoms with Crippen molar-refractivity contribution in [2.24, 2.45) is 0 Å². The van der Waals surface area contributed by atoms with Crippen LogP contribution in [0, 0.1) is 6.92 Å². The molecule has 4 rings (SSSR count). The number of likely N-dealkylation sites (N-methyl/N-ethyl adjacent to an activating group) is 1. The Bertz CT molecular complexity index is 1260. The second-order valence-corrected chi connectivity index (χ2v) is 7.11. The first-order valence-corrected chi connectivity index (χ1v) is 9.52. The molecule has 0 atom stereocenters. The molecule has 0 radical (unpaired) electrons. The molecular weight excluding hydrogens is 362 g/mol. The number of ether oxygens (including phenoxy) is 1. The van der Waals surface area contributed by atoms with Crippen molar-refractivity contribution in [3.63, 3.8) is 0 Å². The summed E-state index contributed by atoms with van der Waals surface area (Å²) < 4.78 is 11.6. The largest absolute Gasteiger partial charge is 0.496 e. The van der Waals surface area contributed by atoms with Gasteiger partial charge in [-0.25, -0.2) is 0 Å². The smallest absolute Gasteiger partial charge is 0.244 e. The molecule has 1 heterocycles. The summed E-state index contributed by atoms with van der Waals surface area (Å²) in [6, 6.07) is 16.7. The molecule has 0 bridgehead atoms. The fourth-order valence-electron chi connectivity index (χ4n) is 3.80. The topological polar surface area (TPSA) is 51.5 Å². The van der Waals surface area contributed by atoms with E-state index in [2.05, 4.69) is 35.6 Å². The van der Waals surface area contributed by atoms with Gasteiger partial charge in [-0.1, -0.05) is 36.4 Å². The van der Waals surface area contributed by atoms with Gasteiger partial charge >= 0.3 is 0 Å². The zero-order chi connectivity index (χ0) is 20.5. The van der Waals surface area contributed by atoms with Crippen molar-refractivity contribution in [3.05, 3.63) is 72.0 Å². The molecule has 0 unspecified atom stereocenters. The van der Waals surface area contributed by atoms with Crippen LogP contribution in [0.2, 0.25) is 0 Å². The normalized spacial score (nSPS) is 11.8. The SMILES string of the molecule is CNC(=O)/C=C(\C)c1cc2c(-c3ccc4ccccc4c3)coc2c(C)c1OC. The highest BCUT2D eigenvalue weighted by Crippen LogP contribution is 2.41. The summed E-state index contributed by atoms with van der Waals surface area (Å²) in [6.45, 7) is 3.89. The fourth-order valence-corrected chi connectivity index (χ4v) is 3.80. The van der Waals surface area contributed by atoms with Gasteiger partial charge in [0, 0.05) is 35.2 Å². The Labute approximate surface area is 169 Å². The van der Waals surface area contributed by atoms with Crippen LogP contribution in [0.5, 0.6) is 5.75 Å². The molecule has 0 saturated carbocycles. The maximum absolute atomic E-state index is 11.9. The first kappa shape index (κ1) is 18.8. The van der Waals surface area contributed by atoms with Crippen molar-refractivity contribution < 1.29 is 13.9 Å². The van der Waals surface area contributed by atoms with Crippen LogP contribution in [0.15, 0.2) is 65.3 Å². The van der Waals surface area contributed by atoms with E-state index in [4.69, 9.17) is 9.15 Å². The first-order valence-electron chi connectivity index (χ1n) is 9.52. The number of methoxy groups -OCH3 is 1. The molecule has 0 spiro atoms. The maximum Gasteiger partial charge on any atom is 0.244 e. The second kappa shape index (κ2) is 7.47. The van der Waals surface area contributed by atoms with E-state index in [0.29, 0.717) is 0 Å². The third-order valence-electron chi connectivity index (χ3n) is 5.33. The molecule has 3 aromatic carbocycles. The quantitative estimate of drug-likeness (QED) is 0.457. The minimum atomic E-state index is -0.149. The molecule has 29 heavy (non-hydrogen) atoms. The summed E-state index contributed by atoms with van der Waals surface area (Å²) in [5, 5.41) is 6.01. The monoisotopic (exact) mass is 385 g/mol. The fraction of sp³-hybridized carbons (Fsp3) is 0.160. The van der Waals surface area contributed by atoms with Gasteiger partial charge in [-0.2, -0.15) is 0 Å². The van der Waals surface area contributed by atoms with E-state index in [1.165, 1.54) is 10.8 Å². The van der Waals surface area contributed by atoms with E-state index in [1.54, 1.807) is 26.5 Å². The van der Waals surface area contributed by atoms with E-state index in [9.17, 15) is 4.79 Å². The van der Waals surface area contributed by atoms with Crippen molar-refractivity contribution >= 4 is 33.2 Å². The molecule has 146 valence electrons. The van der Waals surface area contributed by atoms with Crippen molar-refractivity contribution in [2.75, 3.05) is 14.2 Å². The number of hydrogen-bond acceptors (Lipinski definition) is 3. The van der Waals surface area contributed by atoms with Crippen LogP contribution in [0.1, 0.15) is 18.1 Å². The summed E-state index contributed by atoms with van der Waals surface area (Å²) >= 11 is 0. The van der Waals surface area contributed by atoms with E-state index >= 15 is 0 Å². The Morgan fingerprint density at radius 1 is 1.10 bits per heavy atom. The van der Waals surface area contributed by atoms with Crippen molar-refractivity contribution in [1.82, 2.24) is 5.32 Å². The van der Waals surface area contributed by atoms with Gasteiger partial charge in [0.1, 0.15) is 11.3 Å². The number of aryl methyl sites for hydroxylation is 1. The Morgan fingerprint density at radius 2 is 1.86 bits per heavy atom. The molecule has 4 heteroatoms. The average Bonchev–Trinajstić information content (AvgIpc) is 3.17. The third-order valence-corrected chi connectivity index (χ3v) is 5.33. The first-order chi connectivity index (χ1) is 14.0. The van der Waals surface area contributed by atoms with Crippen LogP contribution in [-0.2, 0) is 4.79 Å². The van der Waals surface area contributed by atoms with Crippen LogP contribution < -0.4 is 10.1 Å². The van der Waals surface area contributed by atoms with Gasteiger partial charge in [0.25, 0.3) is 0 Å². The van der Waals surface area contributed by atoms with Crippen LogP contribution in [0.3, 0.4) is 0 Å². The number of hydrogen-bond donors (Lipinski definition) is 1. The number of amides is 1. The molecule has 4 nitrogen and oxygen atoms in total. The lowest BCUT2D eigenvalue weighted by Gasteiger charge is -2.13. The van der Waals surface area contributed by atoms with E-state index in [0.717, 1.165) is 44.5 Å². The van der Waals surface area contributed by atoms with Gasteiger partial charge in [0.2, 0.25) is 5.91 Å². The average molecular weight is 385 g/mol. The minimum absolute atomic E-state index is 0.149. The van der Waals surface area contributed by atoms with Gasteiger partial charge in [-0.15, -0.1) is 0 Å². The number of carbonyl (C=O) groups is 1. The number of allylic oxidation sites excluding steroid dienone is 1. The standard InChI is InChI=1S/C25H23NO3/c1-15(11-23(27)26-3)20-13-21-22(14-29-25(21)16(2)24(20)28-4)19-10-9-17-7-5-6-8-18(17)12-19/h5-14H,1-4H3,(H,26,27)/b15-11+. The van der Waals surface area contributed by atoms with Crippen LogP contribution in [0.25, 0.3) is 38.4 Å². The highest BCUT2D eigenvalue weighted by Gasteiger charge is 2.18. The number of carbonyl (C=O) groups excluding carboxylic acids is 1. The van der Waals surface area contributed by atoms with Crippen molar-refractivity contribution in [1.29, 1.82) is 0 Å². The Morgan fingerprint density at radius 3 is 2.59 bits per heavy atom. The molecular formula is C25H23NO3. The van der Waals surface area contributed by atoms with Crippen LogP contribution in [0.4, 0.5) is 0 Å². The molecule has 1 N–H and O–H groups in total. The maximum atomic E-state index is 11.9. The van der Waals surface area contributed by atoms with Crippen LogP contribution >= 0.6 is 0 Å². The van der Waals surface area contributed by atoms with Gasteiger partial charge < -0.3 is 14.5 Å². The predicted molar refractivity (Wildman–Crippen MR) is 118 cm³/mol. The second-order valence-electron chi connectivity index (χ2n) is 7.11. The molecule has 0 saturated heterocycles. The molecule has 4 aromatic rings. The number of nitrogens with one attached hydrogen (secondary N) is 1. The lowest BCUT2D eigenvalue weighted by molar-refractivity contribution is -0.116. The molecule has 0 aliphatic heterocycles. The molecule has 0 aliphatic rings.